The Balaban J connectivity index is 1.92. The van der Waals surface area contributed by atoms with Gasteiger partial charge in [0.05, 0.1) is 18.4 Å². The summed E-state index contributed by atoms with van der Waals surface area (Å²) >= 11 is 0. The van der Waals surface area contributed by atoms with Gasteiger partial charge in [-0.2, -0.15) is 0 Å². The molecule has 0 unspecified atom stereocenters. The second-order valence-corrected chi connectivity index (χ2v) is 4.62. The molecule has 2 rings (SSSR count). The van der Waals surface area contributed by atoms with E-state index < -0.39 is 0 Å². The lowest BCUT2D eigenvalue weighted by molar-refractivity contribution is -0.120. The summed E-state index contributed by atoms with van der Waals surface area (Å²) in [7, 11) is 0. The molecule has 0 spiro atoms. The fourth-order valence-corrected chi connectivity index (χ4v) is 1.97. The number of nitrogens with two attached hydrogens (primary N) is 1. The Hall–Kier alpha value is -2.15. The molecule has 108 valence electrons. The van der Waals surface area contributed by atoms with E-state index in [4.69, 9.17) is 5.73 Å². The number of nitrogens with one attached hydrogen (secondary N) is 2. The van der Waals surface area contributed by atoms with Gasteiger partial charge in [-0.05, 0) is 25.1 Å². The Morgan fingerprint density at radius 2 is 2.35 bits per heavy atom. The normalized spacial score (nSPS) is 14.8. The number of anilines is 2. The highest BCUT2D eigenvalue weighted by Crippen LogP contribution is 2.15. The largest absolute Gasteiger partial charge is 0.353 e. The molecule has 0 saturated carbocycles. The SMILES string of the molecule is NCCCC(=O)Nc1ccc(N2CCNC(=O)C2)nc1. The molecular weight excluding hydrogens is 258 g/mol. The van der Waals surface area contributed by atoms with E-state index in [1.165, 1.54) is 0 Å². The lowest BCUT2D eigenvalue weighted by Gasteiger charge is -2.27. The number of hydrogen-bond donors (Lipinski definition) is 3. The summed E-state index contributed by atoms with van der Waals surface area (Å²) in [5.41, 5.74) is 6.00. The Morgan fingerprint density at radius 3 is 3.00 bits per heavy atom. The summed E-state index contributed by atoms with van der Waals surface area (Å²) in [5, 5.41) is 5.52. The molecule has 1 aromatic rings. The van der Waals surface area contributed by atoms with Gasteiger partial charge < -0.3 is 21.3 Å². The van der Waals surface area contributed by atoms with Gasteiger partial charge in [-0.1, -0.05) is 0 Å². The molecule has 7 heteroatoms. The van der Waals surface area contributed by atoms with Crippen molar-refractivity contribution in [2.45, 2.75) is 12.8 Å². The molecule has 1 saturated heterocycles. The number of amides is 2. The molecule has 2 amide bonds. The molecule has 4 N–H and O–H groups in total. The van der Waals surface area contributed by atoms with Crippen LogP contribution in [0.4, 0.5) is 11.5 Å². The molecule has 1 aliphatic rings. The maximum Gasteiger partial charge on any atom is 0.239 e. The van der Waals surface area contributed by atoms with Gasteiger partial charge in [0.2, 0.25) is 11.8 Å². The van der Waals surface area contributed by atoms with Crippen LogP contribution >= 0.6 is 0 Å². The zero-order valence-corrected chi connectivity index (χ0v) is 11.3. The molecule has 0 bridgehead atoms. The van der Waals surface area contributed by atoms with Crippen LogP contribution in [0.25, 0.3) is 0 Å². The molecule has 2 heterocycles. The minimum absolute atomic E-state index is 0.00258. The number of nitrogens with zero attached hydrogens (tertiary/aromatic N) is 2. The fraction of sp³-hybridized carbons (Fsp3) is 0.462. The van der Waals surface area contributed by atoms with Crippen LogP contribution in [-0.2, 0) is 9.59 Å². The number of piperazine rings is 1. The van der Waals surface area contributed by atoms with Gasteiger partial charge in [0.1, 0.15) is 5.82 Å². The van der Waals surface area contributed by atoms with Crippen molar-refractivity contribution in [3.8, 4) is 0 Å². The topological polar surface area (TPSA) is 100 Å². The van der Waals surface area contributed by atoms with E-state index in [1.807, 2.05) is 4.90 Å². The fourth-order valence-electron chi connectivity index (χ4n) is 1.97. The molecular formula is C13H19N5O2. The first-order chi connectivity index (χ1) is 9.69. The summed E-state index contributed by atoms with van der Waals surface area (Å²) in [4.78, 5) is 29.0. The van der Waals surface area contributed by atoms with Crippen molar-refractivity contribution in [1.29, 1.82) is 0 Å². The predicted octanol–water partition coefficient (Wildman–Crippen LogP) is -0.305. The highest BCUT2D eigenvalue weighted by molar-refractivity contribution is 5.90. The average molecular weight is 277 g/mol. The molecule has 20 heavy (non-hydrogen) atoms. The third-order valence-electron chi connectivity index (χ3n) is 3.00. The van der Waals surface area contributed by atoms with Crippen LogP contribution in [-0.4, -0.2) is 43.0 Å². The minimum Gasteiger partial charge on any atom is -0.353 e. The molecule has 1 aliphatic heterocycles. The second kappa shape index (κ2) is 6.85. The number of pyridine rings is 1. The summed E-state index contributed by atoms with van der Waals surface area (Å²) in [6.07, 6.45) is 2.67. The highest BCUT2D eigenvalue weighted by atomic mass is 16.2. The first-order valence-corrected chi connectivity index (χ1v) is 6.66. The highest BCUT2D eigenvalue weighted by Gasteiger charge is 2.17. The first kappa shape index (κ1) is 14.3. The van der Waals surface area contributed by atoms with Crippen LogP contribution in [0.1, 0.15) is 12.8 Å². The smallest absolute Gasteiger partial charge is 0.239 e. The first-order valence-electron chi connectivity index (χ1n) is 6.66. The second-order valence-electron chi connectivity index (χ2n) is 4.62. The zero-order chi connectivity index (χ0) is 14.4. The van der Waals surface area contributed by atoms with E-state index in [1.54, 1.807) is 18.3 Å². The molecule has 0 aliphatic carbocycles. The van der Waals surface area contributed by atoms with Gasteiger partial charge >= 0.3 is 0 Å². The van der Waals surface area contributed by atoms with Gasteiger partial charge in [0.25, 0.3) is 0 Å². The third kappa shape index (κ3) is 3.92. The van der Waals surface area contributed by atoms with Crippen molar-refractivity contribution in [1.82, 2.24) is 10.3 Å². The van der Waals surface area contributed by atoms with Crippen molar-refractivity contribution in [2.24, 2.45) is 5.73 Å². The van der Waals surface area contributed by atoms with E-state index in [0.29, 0.717) is 38.2 Å². The predicted molar refractivity (Wildman–Crippen MR) is 76.4 cm³/mol. The molecule has 0 aromatic carbocycles. The minimum atomic E-state index is -0.0673. The maximum atomic E-state index is 11.5. The lowest BCUT2D eigenvalue weighted by Crippen LogP contribution is -2.48. The average Bonchev–Trinajstić information content (AvgIpc) is 2.46. The summed E-state index contributed by atoms with van der Waals surface area (Å²) in [6.45, 7) is 2.18. The number of aromatic nitrogens is 1. The number of carbonyl (C=O) groups excluding carboxylic acids is 2. The molecule has 1 fully saturated rings. The van der Waals surface area contributed by atoms with Crippen LogP contribution in [0.15, 0.2) is 18.3 Å². The van der Waals surface area contributed by atoms with Gasteiger partial charge in [0.15, 0.2) is 0 Å². The van der Waals surface area contributed by atoms with Crippen molar-refractivity contribution in [2.75, 3.05) is 36.4 Å². The molecule has 1 aromatic heterocycles. The summed E-state index contributed by atoms with van der Waals surface area (Å²) in [5.74, 6) is 0.666. The van der Waals surface area contributed by atoms with Crippen molar-refractivity contribution in [3.05, 3.63) is 18.3 Å². The molecule has 0 radical (unpaired) electrons. The van der Waals surface area contributed by atoms with Crippen LogP contribution in [0.3, 0.4) is 0 Å². The van der Waals surface area contributed by atoms with Gasteiger partial charge in [-0.25, -0.2) is 4.98 Å². The number of rotatable bonds is 5. The third-order valence-corrected chi connectivity index (χ3v) is 3.00. The van der Waals surface area contributed by atoms with Crippen LogP contribution in [0.5, 0.6) is 0 Å². The van der Waals surface area contributed by atoms with Crippen molar-refractivity contribution in [3.63, 3.8) is 0 Å². The summed E-state index contributed by atoms with van der Waals surface area (Å²) in [6, 6.07) is 3.59. The molecule has 0 atom stereocenters. The number of hydrogen-bond acceptors (Lipinski definition) is 5. The quantitative estimate of drug-likeness (QED) is 0.686. The van der Waals surface area contributed by atoms with Crippen LogP contribution in [0, 0.1) is 0 Å². The monoisotopic (exact) mass is 277 g/mol. The Labute approximate surface area is 117 Å². The Kier molecular flexibility index (Phi) is 4.89. The van der Waals surface area contributed by atoms with E-state index in [-0.39, 0.29) is 11.8 Å². The Morgan fingerprint density at radius 1 is 1.50 bits per heavy atom. The molecule has 7 nitrogen and oxygen atoms in total. The van der Waals surface area contributed by atoms with Gasteiger partial charge in [0, 0.05) is 19.5 Å². The van der Waals surface area contributed by atoms with Crippen molar-refractivity contribution >= 4 is 23.3 Å². The van der Waals surface area contributed by atoms with Gasteiger partial charge in [-0.15, -0.1) is 0 Å². The van der Waals surface area contributed by atoms with E-state index >= 15 is 0 Å². The standard InChI is InChI=1S/C13H19N5O2/c14-5-1-2-12(19)17-10-3-4-11(16-8-10)18-7-6-15-13(20)9-18/h3-4,8H,1-2,5-7,9,14H2,(H,15,20)(H,17,19). The Bertz CT molecular complexity index is 474. The van der Waals surface area contributed by atoms with E-state index in [2.05, 4.69) is 15.6 Å². The summed E-state index contributed by atoms with van der Waals surface area (Å²) < 4.78 is 0. The van der Waals surface area contributed by atoms with E-state index in [9.17, 15) is 9.59 Å². The zero-order valence-electron chi connectivity index (χ0n) is 11.3. The number of carbonyl (C=O) groups is 2. The van der Waals surface area contributed by atoms with Crippen LogP contribution in [0.2, 0.25) is 0 Å². The van der Waals surface area contributed by atoms with Gasteiger partial charge in [-0.3, -0.25) is 9.59 Å². The maximum absolute atomic E-state index is 11.5. The van der Waals surface area contributed by atoms with Crippen molar-refractivity contribution < 1.29 is 9.59 Å². The lowest BCUT2D eigenvalue weighted by atomic mass is 10.3. The van der Waals surface area contributed by atoms with Crippen LogP contribution < -0.4 is 21.3 Å². The van der Waals surface area contributed by atoms with E-state index in [0.717, 1.165) is 12.4 Å².